The van der Waals surface area contributed by atoms with E-state index in [9.17, 15) is 9.59 Å². The van der Waals surface area contributed by atoms with E-state index in [0.29, 0.717) is 11.1 Å². The fourth-order valence-corrected chi connectivity index (χ4v) is 5.32. The summed E-state index contributed by atoms with van der Waals surface area (Å²) in [5, 5.41) is 2.72. The Morgan fingerprint density at radius 1 is 0.735 bits per heavy atom. The summed E-state index contributed by atoms with van der Waals surface area (Å²) in [7, 11) is 0. The first-order valence-corrected chi connectivity index (χ1v) is 11.7. The molecule has 0 fully saturated rings. The largest absolute Gasteiger partial charge is 0.288 e. The number of carbonyl (C=O) groups excluding carboxylic acids is 2. The van der Waals surface area contributed by atoms with E-state index in [1.54, 1.807) is 18.3 Å². The second-order valence-electron chi connectivity index (χ2n) is 7.96. The minimum atomic E-state index is -0.217. The molecule has 162 valence electrons. The lowest BCUT2D eigenvalue weighted by atomic mass is 10.0. The number of para-hydroxylation sites is 1. The molecule has 5 aromatic rings. The highest BCUT2D eigenvalue weighted by molar-refractivity contribution is 7.17. The van der Waals surface area contributed by atoms with E-state index in [2.05, 4.69) is 9.88 Å². The minimum Gasteiger partial charge on any atom is -0.288 e. The smallest absolute Gasteiger partial charge is 0.198 e. The van der Waals surface area contributed by atoms with Gasteiger partial charge in [0.2, 0.25) is 0 Å². The number of allylic oxidation sites excluding steroid dienone is 1. The fourth-order valence-electron chi connectivity index (χ4n) is 4.34. The zero-order valence-corrected chi connectivity index (χ0v) is 18.8. The number of hydrogen-bond donors (Lipinski definition) is 0. The number of nitrogens with zero attached hydrogens (tertiary/aromatic N) is 2. The molecular weight excluding hydrogens is 440 g/mol. The SMILES string of the molecule is O=C1/C(=C\c2ccc(N(c3ccccc3)c3ccccn3)s2)C(=O)c2c1ccc1ccccc21. The molecule has 34 heavy (non-hydrogen) atoms. The summed E-state index contributed by atoms with van der Waals surface area (Å²) in [6, 6.07) is 31.1. The number of rotatable bonds is 4. The number of Topliss-reactive ketones (excluding diaryl/α,β-unsaturated/α-hetero) is 2. The third-order valence-corrected chi connectivity index (χ3v) is 6.92. The van der Waals surface area contributed by atoms with Crippen molar-refractivity contribution in [2.75, 3.05) is 4.90 Å². The highest BCUT2D eigenvalue weighted by atomic mass is 32.1. The molecule has 0 radical (unpaired) electrons. The van der Waals surface area contributed by atoms with Gasteiger partial charge in [-0.15, -0.1) is 11.3 Å². The van der Waals surface area contributed by atoms with E-state index in [1.165, 1.54) is 11.3 Å². The molecular formula is C29H18N2O2S. The van der Waals surface area contributed by atoms with Crippen LogP contribution in [0.2, 0.25) is 0 Å². The lowest BCUT2D eigenvalue weighted by Crippen LogP contribution is -2.09. The van der Waals surface area contributed by atoms with Crippen LogP contribution in [0, 0.1) is 0 Å². The minimum absolute atomic E-state index is 0.212. The predicted molar refractivity (Wildman–Crippen MR) is 137 cm³/mol. The zero-order chi connectivity index (χ0) is 23.1. The van der Waals surface area contributed by atoms with Gasteiger partial charge in [0.15, 0.2) is 11.6 Å². The van der Waals surface area contributed by atoms with Crippen LogP contribution in [0.15, 0.2) is 109 Å². The maximum atomic E-state index is 13.3. The standard InChI is InChI=1S/C29H18N2O2S/c32-28-23-15-13-19-8-4-5-11-22(19)27(23)29(33)24(28)18-21-14-16-26(34-21)31(20-9-2-1-3-10-20)25-12-6-7-17-30-25/h1-18H/b24-18+. The average Bonchev–Trinajstić information content (AvgIpc) is 3.44. The summed E-state index contributed by atoms with van der Waals surface area (Å²) < 4.78 is 0. The van der Waals surface area contributed by atoms with Gasteiger partial charge in [0.05, 0.1) is 5.57 Å². The summed E-state index contributed by atoms with van der Waals surface area (Å²) >= 11 is 1.51. The van der Waals surface area contributed by atoms with E-state index < -0.39 is 0 Å². The van der Waals surface area contributed by atoms with Crippen LogP contribution in [-0.4, -0.2) is 16.6 Å². The molecule has 3 aromatic carbocycles. The Labute approximate surface area is 200 Å². The van der Waals surface area contributed by atoms with E-state index in [4.69, 9.17) is 0 Å². The molecule has 0 spiro atoms. The highest BCUT2D eigenvalue weighted by Gasteiger charge is 2.34. The maximum Gasteiger partial charge on any atom is 0.198 e. The maximum absolute atomic E-state index is 13.3. The zero-order valence-electron chi connectivity index (χ0n) is 18.0. The number of anilines is 3. The van der Waals surface area contributed by atoms with Crippen LogP contribution < -0.4 is 4.90 Å². The van der Waals surface area contributed by atoms with E-state index in [-0.39, 0.29) is 17.1 Å². The quantitative estimate of drug-likeness (QED) is 0.211. The van der Waals surface area contributed by atoms with Crippen molar-refractivity contribution >= 4 is 56.3 Å². The van der Waals surface area contributed by atoms with E-state index >= 15 is 0 Å². The van der Waals surface area contributed by atoms with Gasteiger partial charge in [0.1, 0.15) is 10.8 Å². The Bertz CT molecular complexity index is 1550. The third kappa shape index (κ3) is 3.34. The molecule has 0 unspecified atom stereocenters. The summed E-state index contributed by atoms with van der Waals surface area (Å²) in [6.45, 7) is 0. The van der Waals surface area contributed by atoms with Gasteiger partial charge in [-0.05, 0) is 59.3 Å². The molecule has 0 atom stereocenters. The number of fused-ring (bicyclic) bond motifs is 3. The van der Waals surface area contributed by atoms with Crippen molar-refractivity contribution in [3.8, 4) is 0 Å². The average molecular weight is 459 g/mol. The van der Waals surface area contributed by atoms with Crippen molar-refractivity contribution in [3.63, 3.8) is 0 Å². The monoisotopic (exact) mass is 458 g/mol. The number of thiophene rings is 1. The second-order valence-corrected chi connectivity index (χ2v) is 9.05. The van der Waals surface area contributed by atoms with Gasteiger partial charge >= 0.3 is 0 Å². The first kappa shape index (κ1) is 20.3. The Balaban J connectivity index is 1.41. The van der Waals surface area contributed by atoms with Crippen LogP contribution in [-0.2, 0) is 0 Å². The Morgan fingerprint density at radius 3 is 2.35 bits per heavy atom. The summed E-state index contributed by atoms with van der Waals surface area (Å²) in [6.07, 6.45) is 3.48. The molecule has 0 saturated heterocycles. The molecule has 6 rings (SSSR count). The van der Waals surface area contributed by atoms with Crippen molar-refractivity contribution < 1.29 is 9.59 Å². The van der Waals surface area contributed by atoms with Gasteiger partial charge in [-0.2, -0.15) is 0 Å². The lowest BCUT2D eigenvalue weighted by molar-refractivity contribution is 0.0991. The number of carbonyl (C=O) groups is 2. The first-order valence-electron chi connectivity index (χ1n) is 10.9. The van der Waals surface area contributed by atoms with E-state index in [0.717, 1.165) is 32.2 Å². The van der Waals surface area contributed by atoms with Gasteiger partial charge in [0.25, 0.3) is 0 Å². The summed E-state index contributed by atoms with van der Waals surface area (Å²) in [4.78, 5) is 33.9. The number of ketones is 2. The topological polar surface area (TPSA) is 50.3 Å². The normalized spacial score (nSPS) is 14.1. The molecule has 0 bridgehead atoms. The fraction of sp³-hybridized carbons (Fsp3) is 0. The van der Waals surface area contributed by atoms with Crippen molar-refractivity contribution in [1.29, 1.82) is 0 Å². The number of pyridine rings is 1. The Morgan fingerprint density at radius 2 is 1.53 bits per heavy atom. The van der Waals surface area contributed by atoms with E-state index in [1.807, 2.05) is 91.0 Å². The van der Waals surface area contributed by atoms with Gasteiger partial charge in [-0.1, -0.05) is 54.6 Å². The van der Waals surface area contributed by atoms with Crippen LogP contribution in [0.5, 0.6) is 0 Å². The highest BCUT2D eigenvalue weighted by Crippen LogP contribution is 2.39. The van der Waals surface area contributed by atoms with Crippen molar-refractivity contribution in [2.24, 2.45) is 0 Å². The number of aromatic nitrogens is 1. The molecule has 5 heteroatoms. The molecule has 0 amide bonds. The van der Waals surface area contributed by atoms with Gasteiger partial charge in [-0.3, -0.25) is 14.5 Å². The van der Waals surface area contributed by atoms with Crippen LogP contribution in [0.25, 0.3) is 16.8 Å². The molecule has 4 nitrogen and oxygen atoms in total. The lowest BCUT2D eigenvalue weighted by Gasteiger charge is -2.22. The van der Waals surface area contributed by atoms with Crippen molar-refractivity contribution in [1.82, 2.24) is 4.98 Å². The van der Waals surface area contributed by atoms with Crippen LogP contribution in [0.4, 0.5) is 16.5 Å². The predicted octanol–water partition coefficient (Wildman–Crippen LogP) is 7.23. The third-order valence-electron chi connectivity index (χ3n) is 5.90. The summed E-state index contributed by atoms with van der Waals surface area (Å²) in [5.74, 6) is 0.364. The van der Waals surface area contributed by atoms with Crippen LogP contribution >= 0.6 is 11.3 Å². The first-order chi connectivity index (χ1) is 16.7. The molecule has 0 aliphatic heterocycles. The molecule has 1 aliphatic rings. The Kier molecular flexibility index (Phi) is 4.90. The summed E-state index contributed by atoms with van der Waals surface area (Å²) in [5.41, 5.74) is 2.18. The van der Waals surface area contributed by atoms with Crippen molar-refractivity contribution in [3.05, 3.63) is 125 Å². The molecule has 2 heterocycles. The van der Waals surface area contributed by atoms with Gasteiger partial charge in [-0.25, -0.2) is 4.98 Å². The number of hydrogen-bond acceptors (Lipinski definition) is 5. The van der Waals surface area contributed by atoms with Gasteiger partial charge < -0.3 is 0 Å². The molecule has 0 saturated carbocycles. The second kappa shape index (κ2) is 8.21. The molecule has 1 aliphatic carbocycles. The number of benzene rings is 3. The van der Waals surface area contributed by atoms with Crippen molar-refractivity contribution in [2.45, 2.75) is 0 Å². The van der Waals surface area contributed by atoms with Gasteiger partial charge in [0, 0.05) is 27.9 Å². The molecule has 0 N–H and O–H groups in total. The molecule has 2 aromatic heterocycles. The van der Waals surface area contributed by atoms with Crippen LogP contribution in [0.1, 0.15) is 25.6 Å². The van der Waals surface area contributed by atoms with Crippen LogP contribution in [0.3, 0.4) is 0 Å². The Hall–Kier alpha value is -4.35.